The highest BCUT2D eigenvalue weighted by Gasteiger charge is 2.14. The summed E-state index contributed by atoms with van der Waals surface area (Å²) in [5.74, 6) is -0.270. The monoisotopic (exact) mass is 343 g/mol. The van der Waals surface area contributed by atoms with Crippen molar-refractivity contribution in [2.45, 2.75) is 6.92 Å². The van der Waals surface area contributed by atoms with Crippen molar-refractivity contribution in [3.05, 3.63) is 48.0 Å². The minimum absolute atomic E-state index is 0.179. The summed E-state index contributed by atoms with van der Waals surface area (Å²) in [5, 5.41) is 13.9. The SMILES string of the molecule is Cc1occc1C(=O)NCC(=O)Nc1nnc(-c2ccccn2)s1. The molecule has 24 heavy (non-hydrogen) atoms. The fourth-order valence-electron chi connectivity index (χ4n) is 1.91. The highest BCUT2D eigenvalue weighted by atomic mass is 32.1. The molecule has 0 unspecified atom stereocenters. The topological polar surface area (TPSA) is 110 Å². The van der Waals surface area contributed by atoms with E-state index in [9.17, 15) is 9.59 Å². The average molecular weight is 343 g/mol. The Hall–Kier alpha value is -3.07. The van der Waals surface area contributed by atoms with E-state index in [0.717, 1.165) is 0 Å². The van der Waals surface area contributed by atoms with Gasteiger partial charge in [-0.05, 0) is 25.1 Å². The molecule has 2 amide bonds. The van der Waals surface area contributed by atoms with Gasteiger partial charge in [0.2, 0.25) is 11.0 Å². The van der Waals surface area contributed by atoms with Crippen LogP contribution in [0.15, 0.2) is 41.1 Å². The molecule has 0 radical (unpaired) electrons. The lowest BCUT2D eigenvalue weighted by atomic mass is 10.2. The first-order valence-electron chi connectivity index (χ1n) is 7.00. The van der Waals surface area contributed by atoms with Crippen LogP contribution in [-0.4, -0.2) is 33.5 Å². The third-order valence-electron chi connectivity index (χ3n) is 3.07. The summed E-state index contributed by atoms with van der Waals surface area (Å²) in [6, 6.07) is 7.00. The number of anilines is 1. The Bertz CT molecular complexity index is 859. The Morgan fingerprint density at radius 3 is 2.83 bits per heavy atom. The first-order chi connectivity index (χ1) is 11.6. The largest absolute Gasteiger partial charge is 0.469 e. The lowest BCUT2D eigenvalue weighted by Gasteiger charge is -2.03. The molecule has 0 aromatic carbocycles. The molecule has 0 saturated heterocycles. The maximum absolute atomic E-state index is 11.9. The van der Waals surface area contributed by atoms with Crippen molar-refractivity contribution in [1.82, 2.24) is 20.5 Å². The zero-order valence-corrected chi connectivity index (χ0v) is 13.5. The summed E-state index contributed by atoms with van der Waals surface area (Å²) in [6.45, 7) is 1.50. The van der Waals surface area contributed by atoms with E-state index in [4.69, 9.17) is 4.42 Å². The van der Waals surface area contributed by atoms with Crippen molar-refractivity contribution >= 4 is 28.3 Å². The smallest absolute Gasteiger partial charge is 0.255 e. The number of amides is 2. The van der Waals surface area contributed by atoms with E-state index in [-0.39, 0.29) is 12.5 Å². The van der Waals surface area contributed by atoms with Crippen molar-refractivity contribution in [2.24, 2.45) is 0 Å². The Balaban J connectivity index is 1.55. The van der Waals surface area contributed by atoms with Gasteiger partial charge >= 0.3 is 0 Å². The van der Waals surface area contributed by atoms with Gasteiger partial charge in [-0.3, -0.25) is 19.9 Å². The van der Waals surface area contributed by atoms with Gasteiger partial charge in [0, 0.05) is 6.20 Å². The number of nitrogens with zero attached hydrogens (tertiary/aromatic N) is 3. The molecular weight excluding hydrogens is 330 g/mol. The van der Waals surface area contributed by atoms with Crippen LogP contribution in [0.25, 0.3) is 10.7 Å². The van der Waals surface area contributed by atoms with Gasteiger partial charge in [0.05, 0.1) is 18.4 Å². The molecule has 0 saturated carbocycles. The fourth-order valence-corrected chi connectivity index (χ4v) is 2.64. The molecule has 3 aromatic rings. The van der Waals surface area contributed by atoms with Gasteiger partial charge in [0.1, 0.15) is 11.5 Å². The molecule has 0 bridgehead atoms. The van der Waals surface area contributed by atoms with E-state index in [2.05, 4.69) is 25.8 Å². The van der Waals surface area contributed by atoms with Crippen molar-refractivity contribution in [2.75, 3.05) is 11.9 Å². The normalized spacial score (nSPS) is 10.4. The third-order valence-corrected chi connectivity index (χ3v) is 3.93. The quantitative estimate of drug-likeness (QED) is 0.732. The van der Waals surface area contributed by atoms with Gasteiger partial charge in [0.15, 0.2) is 5.01 Å². The second kappa shape index (κ2) is 7.01. The number of nitrogens with one attached hydrogen (secondary N) is 2. The molecule has 8 nitrogen and oxygen atoms in total. The molecule has 3 rings (SSSR count). The Morgan fingerprint density at radius 2 is 2.12 bits per heavy atom. The molecule has 0 aliphatic rings. The predicted octanol–water partition coefficient (Wildman–Crippen LogP) is 1.87. The number of rotatable bonds is 5. The summed E-state index contributed by atoms with van der Waals surface area (Å²) in [4.78, 5) is 27.9. The van der Waals surface area contributed by atoms with E-state index < -0.39 is 5.91 Å². The van der Waals surface area contributed by atoms with Gasteiger partial charge in [-0.2, -0.15) is 0 Å². The summed E-state index contributed by atoms with van der Waals surface area (Å²) in [5.41, 5.74) is 1.08. The van der Waals surface area contributed by atoms with E-state index in [1.165, 1.54) is 17.6 Å². The Labute approximate surface area is 140 Å². The Morgan fingerprint density at radius 1 is 1.25 bits per heavy atom. The average Bonchev–Trinajstić information content (AvgIpc) is 3.22. The number of furan rings is 1. The summed E-state index contributed by atoms with van der Waals surface area (Å²) in [7, 11) is 0. The lowest BCUT2D eigenvalue weighted by molar-refractivity contribution is -0.115. The molecule has 2 N–H and O–H groups in total. The van der Waals surface area contributed by atoms with Gasteiger partial charge in [-0.25, -0.2) is 0 Å². The summed E-state index contributed by atoms with van der Waals surface area (Å²) >= 11 is 1.20. The highest BCUT2D eigenvalue weighted by molar-refractivity contribution is 7.18. The number of carbonyl (C=O) groups excluding carboxylic acids is 2. The maximum atomic E-state index is 11.9. The molecule has 3 aromatic heterocycles. The first kappa shape index (κ1) is 15.8. The summed E-state index contributed by atoms with van der Waals surface area (Å²) < 4.78 is 5.05. The van der Waals surface area contributed by atoms with Crippen molar-refractivity contribution in [3.63, 3.8) is 0 Å². The molecule has 0 fully saturated rings. The van der Waals surface area contributed by atoms with Gasteiger partial charge in [0.25, 0.3) is 5.91 Å². The number of pyridine rings is 1. The van der Waals surface area contributed by atoms with E-state index >= 15 is 0 Å². The van der Waals surface area contributed by atoms with Gasteiger partial charge in [-0.15, -0.1) is 10.2 Å². The fraction of sp³-hybridized carbons (Fsp3) is 0.133. The molecule has 0 spiro atoms. The molecule has 122 valence electrons. The second-order valence-corrected chi connectivity index (χ2v) is 5.73. The van der Waals surface area contributed by atoms with E-state index in [0.29, 0.717) is 27.2 Å². The first-order valence-corrected chi connectivity index (χ1v) is 7.82. The lowest BCUT2D eigenvalue weighted by Crippen LogP contribution is -2.32. The van der Waals surface area contributed by atoms with Crippen LogP contribution in [0.2, 0.25) is 0 Å². The molecular formula is C15H13N5O3S. The molecule has 3 heterocycles. The van der Waals surface area contributed by atoms with Gasteiger partial charge in [-0.1, -0.05) is 17.4 Å². The van der Waals surface area contributed by atoms with Crippen LogP contribution in [0, 0.1) is 6.92 Å². The maximum Gasteiger partial charge on any atom is 0.255 e. The number of aryl methyl sites for hydroxylation is 1. The zero-order valence-electron chi connectivity index (χ0n) is 12.6. The minimum atomic E-state index is -0.395. The highest BCUT2D eigenvalue weighted by Crippen LogP contribution is 2.24. The molecule has 0 aliphatic carbocycles. The van der Waals surface area contributed by atoms with Crippen LogP contribution in [-0.2, 0) is 4.79 Å². The summed E-state index contributed by atoms with van der Waals surface area (Å²) in [6.07, 6.45) is 3.08. The minimum Gasteiger partial charge on any atom is -0.469 e. The van der Waals surface area contributed by atoms with Crippen molar-refractivity contribution in [3.8, 4) is 10.7 Å². The van der Waals surface area contributed by atoms with Crippen LogP contribution in [0.5, 0.6) is 0 Å². The van der Waals surface area contributed by atoms with Crippen LogP contribution < -0.4 is 10.6 Å². The standard InChI is InChI=1S/C15H13N5O3S/c1-9-10(5-7-23-9)13(22)17-8-12(21)18-15-20-19-14(24-15)11-4-2-3-6-16-11/h2-7H,8H2,1H3,(H,17,22)(H,18,20,21). The van der Waals surface area contributed by atoms with Crippen LogP contribution in [0.3, 0.4) is 0 Å². The third kappa shape index (κ3) is 3.63. The van der Waals surface area contributed by atoms with Crippen LogP contribution >= 0.6 is 11.3 Å². The van der Waals surface area contributed by atoms with Crippen molar-refractivity contribution < 1.29 is 14.0 Å². The Kier molecular flexibility index (Phi) is 4.62. The zero-order chi connectivity index (χ0) is 16.9. The van der Waals surface area contributed by atoms with E-state index in [1.807, 2.05) is 6.07 Å². The van der Waals surface area contributed by atoms with Gasteiger partial charge < -0.3 is 9.73 Å². The van der Waals surface area contributed by atoms with E-state index in [1.54, 1.807) is 31.3 Å². The molecule has 0 aliphatic heterocycles. The van der Waals surface area contributed by atoms with Crippen LogP contribution in [0.4, 0.5) is 5.13 Å². The molecule has 0 atom stereocenters. The number of carbonyl (C=O) groups is 2. The number of aromatic nitrogens is 3. The van der Waals surface area contributed by atoms with Crippen LogP contribution in [0.1, 0.15) is 16.1 Å². The number of hydrogen-bond donors (Lipinski definition) is 2. The second-order valence-electron chi connectivity index (χ2n) is 4.75. The predicted molar refractivity (Wildman–Crippen MR) is 87.5 cm³/mol. The van der Waals surface area contributed by atoms with Crippen molar-refractivity contribution in [1.29, 1.82) is 0 Å². The molecule has 9 heteroatoms. The number of hydrogen-bond acceptors (Lipinski definition) is 7.